The van der Waals surface area contributed by atoms with Gasteiger partial charge in [0.15, 0.2) is 0 Å². The molecular formula is C13H16ClN3. The van der Waals surface area contributed by atoms with E-state index in [-0.39, 0.29) is 0 Å². The van der Waals surface area contributed by atoms with Gasteiger partial charge in [-0.05, 0) is 20.0 Å². The lowest BCUT2D eigenvalue weighted by atomic mass is 10.1. The molecule has 17 heavy (non-hydrogen) atoms. The number of hydrogen-bond acceptors (Lipinski definition) is 2. The van der Waals surface area contributed by atoms with Gasteiger partial charge in [-0.1, -0.05) is 35.4 Å². The first-order chi connectivity index (χ1) is 8.13. The molecule has 1 N–H and O–H groups in total. The number of imidazole rings is 1. The molecule has 0 spiro atoms. The van der Waals surface area contributed by atoms with Crippen LogP contribution in [0.25, 0.3) is 11.4 Å². The maximum absolute atomic E-state index is 6.24. The second-order valence-electron chi connectivity index (χ2n) is 4.13. The van der Waals surface area contributed by atoms with E-state index in [0.29, 0.717) is 11.7 Å². The number of nitrogens with zero attached hydrogens (tertiary/aromatic N) is 2. The van der Waals surface area contributed by atoms with Crippen molar-refractivity contribution in [1.82, 2.24) is 14.9 Å². The highest BCUT2D eigenvalue weighted by molar-refractivity contribution is 6.30. The van der Waals surface area contributed by atoms with Crippen LogP contribution in [0, 0.1) is 6.92 Å². The molecule has 1 aromatic heterocycles. The topological polar surface area (TPSA) is 29.9 Å². The molecule has 0 amide bonds. The van der Waals surface area contributed by atoms with Gasteiger partial charge in [-0.2, -0.15) is 0 Å². The third-order valence-corrected chi connectivity index (χ3v) is 3.18. The summed E-state index contributed by atoms with van der Waals surface area (Å²) in [4.78, 5) is 4.58. The zero-order chi connectivity index (χ0) is 12.4. The van der Waals surface area contributed by atoms with Crippen molar-refractivity contribution in [3.63, 3.8) is 0 Å². The molecule has 2 aromatic rings. The van der Waals surface area contributed by atoms with E-state index in [9.17, 15) is 0 Å². The molecule has 4 heteroatoms. The molecule has 1 aromatic carbocycles. The van der Waals surface area contributed by atoms with E-state index in [1.165, 1.54) is 5.56 Å². The van der Waals surface area contributed by atoms with Crippen LogP contribution in [0.3, 0.4) is 0 Å². The van der Waals surface area contributed by atoms with Gasteiger partial charge in [0.2, 0.25) is 0 Å². The van der Waals surface area contributed by atoms with Crippen LogP contribution in [-0.2, 0) is 13.6 Å². The summed E-state index contributed by atoms with van der Waals surface area (Å²) in [5, 5.41) is 3.76. The molecule has 0 saturated heterocycles. The van der Waals surface area contributed by atoms with E-state index in [2.05, 4.69) is 35.4 Å². The minimum Gasteiger partial charge on any atom is -0.318 e. The average molecular weight is 250 g/mol. The van der Waals surface area contributed by atoms with Crippen molar-refractivity contribution in [3.8, 4) is 11.4 Å². The molecule has 0 bridgehead atoms. The maximum Gasteiger partial charge on any atom is 0.141 e. The van der Waals surface area contributed by atoms with Gasteiger partial charge >= 0.3 is 0 Å². The largest absolute Gasteiger partial charge is 0.318 e. The zero-order valence-electron chi connectivity index (χ0n) is 10.3. The molecular weight excluding hydrogens is 234 g/mol. The number of nitrogens with one attached hydrogen (secondary N) is 1. The summed E-state index contributed by atoms with van der Waals surface area (Å²) in [5.41, 5.74) is 3.20. The first kappa shape index (κ1) is 12.1. The van der Waals surface area contributed by atoms with E-state index in [1.54, 1.807) is 0 Å². The lowest BCUT2D eigenvalue weighted by molar-refractivity contribution is 0.795. The summed E-state index contributed by atoms with van der Waals surface area (Å²) >= 11 is 6.24. The number of aryl methyl sites for hydroxylation is 1. The molecule has 0 aliphatic heterocycles. The smallest absolute Gasteiger partial charge is 0.141 e. The van der Waals surface area contributed by atoms with E-state index in [4.69, 9.17) is 11.6 Å². The van der Waals surface area contributed by atoms with Crippen molar-refractivity contribution in [2.75, 3.05) is 7.05 Å². The van der Waals surface area contributed by atoms with Crippen molar-refractivity contribution in [3.05, 3.63) is 40.7 Å². The van der Waals surface area contributed by atoms with Crippen LogP contribution in [0.2, 0.25) is 5.15 Å². The molecule has 1 heterocycles. The van der Waals surface area contributed by atoms with E-state index >= 15 is 0 Å². The molecule has 0 fully saturated rings. The number of hydrogen-bond donors (Lipinski definition) is 1. The van der Waals surface area contributed by atoms with Crippen molar-refractivity contribution < 1.29 is 0 Å². The molecule has 0 radical (unpaired) electrons. The second-order valence-corrected chi connectivity index (χ2v) is 4.49. The first-order valence-corrected chi connectivity index (χ1v) is 5.94. The molecule has 0 atom stereocenters. The summed E-state index contributed by atoms with van der Waals surface area (Å²) in [7, 11) is 3.82. The Morgan fingerprint density at radius 3 is 2.82 bits per heavy atom. The van der Waals surface area contributed by atoms with Gasteiger partial charge < -0.3 is 9.88 Å². The fourth-order valence-corrected chi connectivity index (χ4v) is 2.05. The number of benzene rings is 1. The molecule has 0 aliphatic rings. The third kappa shape index (κ3) is 2.35. The van der Waals surface area contributed by atoms with Crippen LogP contribution in [0.5, 0.6) is 0 Å². The molecule has 90 valence electrons. The SMILES string of the molecule is CNCc1nc(-c2cccc(C)c2)n(C)c1Cl. The van der Waals surface area contributed by atoms with Gasteiger partial charge in [0.05, 0.1) is 5.69 Å². The summed E-state index contributed by atoms with van der Waals surface area (Å²) in [6, 6.07) is 8.27. The van der Waals surface area contributed by atoms with Crippen molar-refractivity contribution >= 4 is 11.6 Å². The summed E-state index contributed by atoms with van der Waals surface area (Å²) in [6.45, 7) is 2.75. The Morgan fingerprint density at radius 1 is 1.41 bits per heavy atom. The number of rotatable bonds is 3. The highest BCUT2D eigenvalue weighted by Gasteiger charge is 2.13. The van der Waals surface area contributed by atoms with Crippen LogP contribution >= 0.6 is 11.6 Å². The predicted octanol–water partition coefficient (Wildman–Crippen LogP) is 2.77. The van der Waals surface area contributed by atoms with Crippen LogP contribution < -0.4 is 5.32 Å². The molecule has 0 aliphatic carbocycles. The molecule has 2 rings (SSSR count). The first-order valence-electron chi connectivity index (χ1n) is 5.56. The molecule has 0 saturated carbocycles. The van der Waals surface area contributed by atoms with Crippen molar-refractivity contribution in [2.24, 2.45) is 7.05 Å². The lowest BCUT2D eigenvalue weighted by Crippen LogP contribution is -2.05. The molecule has 3 nitrogen and oxygen atoms in total. The Labute approximate surface area is 106 Å². The standard InChI is InChI=1S/C13H16ClN3/c1-9-5-4-6-10(7-9)13-16-11(8-15-2)12(14)17(13)3/h4-7,15H,8H2,1-3H3. The number of halogens is 1. The van der Waals surface area contributed by atoms with Gasteiger partial charge in [-0.25, -0.2) is 4.98 Å². The summed E-state index contributed by atoms with van der Waals surface area (Å²) < 4.78 is 1.92. The highest BCUT2D eigenvalue weighted by atomic mass is 35.5. The minimum atomic E-state index is 0.679. The molecule has 0 unspecified atom stereocenters. The Bertz CT molecular complexity index is 531. The lowest BCUT2D eigenvalue weighted by Gasteiger charge is -2.03. The Balaban J connectivity index is 2.49. The summed E-state index contributed by atoms with van der Waals surface area (Å²) in [5.74, 6) is 0.906. The van der Waals surface area contributed by atoms with Gasteiger partial charge in [0, 0.05) is 19.2 Å². The van der Waals surface area contributed by atoms with Crippen molar-refractivity contribution in [2.45, 2.75) is 13.5 Å². The fraction of sp³-hybridized carbons (Fsp3) is 0.308. The van der Waals surface area contributed by atoms with E-state index in [0.717, 1.165) is 17.1 Å². The fourth-order valence-electron chi connectivity index (χ4n) is 1.86. The minimum absolute atomic E-state index is 0.679. The third-order valence-electron chi connectivity index (χ3n) is 2.71. The van der Waals surface area contributed by atoms with E-state index < -0.39 is 0 Å². The quantitative estimate of drug-likeness (QED) is 0.907. The Kier molecular flexibility index (Phi) is 3.50. The highest BCUT2D eigenvalue weighted by Crippen LogP contribution is 2.25. The van der Waals surface area contributed by atoms with Gasteiger partial charge in [0.25, 0.3) is 0 Å². The zero-order valence-corrected chi connectivity index (χ0v) is 11.0. The van der Waals surface area contributed by atoms with Crippen LogP contribution in [-0.4, -0.2) is 16.6 Å². The maximum atomic E-state index is 6.24. The Morgan fingerprint density at radius 2 is 2.18 bits per heavy atom. The van der Waals surface area contributed by atoms with Crippen molar-refractivity contribution in [1.29, 1.82) is 0 Å². The van der Waals surface area contributed by atoms with Crippen LogP contribution in [0.1, 0.15) is 11.3 Å². The number of aromatic nitrogens is 2. The second kappa shape index (κ2) is 4.90. The van der Waals surface area contributed by atoms with Gasteiger partial charge in [-0.15, -0.1) is 0 Å². The summed E-state index contributed by atoms with van der Waals surface area (Å²) in [6.07, 6.45) is 0. The van der Waals surface area contributed by atoms with Crippen LogP contribution in [0.4, 0.5) is 0 Å². The van der Waals surface area contributed by atoms with E-state index in [1.807, 2.05) is 24.7 Å². The predicted molar refractivity (Wildman–Crippen MR) is 71.2 cm³/mol. The Hall–Kier alpha value is -1.32. The monoisotopic (exact) mass is 249 g/mol. The van der Waals surface area contributed by atoms with Crippen LogP contribution in [0.15, 0.2) is 24.3 Å². The average Bonchev–Trinajstić information content (AvgIpc) is 2.58. The normalized spacial score (nSPS) is 10.8. The van der Waals surface area contributed by atoms with Gasteiger partial charge in [-0.3, -0.25) is 0 Å². The van der Waals surface area contributed by atoms with Gasteiger partial charge in [0.1, 0.15) is 11.0 Å².